The molecule has 1 aromatic carbocycles. The van der Waals surface area contributed by atoms with Crippen LogP contribution in [0.15, 0.2) is 24.3 Å². The van der Waals surface area contributed by atoms with Gasteiger partial charge in [0.25, 0.3) is 0 Å². The monoisotopic (exact) mass is 268 g/mol. The van der Waals surface area contributed by atoms with Crippen LogP contribution in [0.2, 0.25) is 5.02 Å². The predicted molar refractivity (Wildman–Crippen MR) is 71.9 cm³/mol. The van der Waals surface area contributed by atoms with E-state index in [0.717, 1.165) is 31.7 Å². The predicted octanol–water partition coefficient (Wildman–Crippen LogP) is 2.05. The van der Waals surface area contributed by atoms with Crippen molar-refractivity contribution in [2.75, 3.05) is 25.1 Å². The van der Waals surface area contributed by atoms with Crippen LogP contribution in [0, 0.1) is 0 Å². The minimum absolute atomic E-state index is 0.0381. The molecule has 0 saturated carbocycles. The molecule has 1 saturated heterocycles. The van der Waals surface area contributed by atoms with Crippen molar-refractivity contribution >= 4 is 23.2 Å². The minimum atomic E-state index is -0.0381. The molecule has 1 aliphatic heterocycles. The summed E-state index contributed by atoms with van der Waals surface area (Å²) in [6, 6.07) is 7.46. The fraction of sp³-hybridized carbons (Fsp3) is 0.462. The van der Waals surface area contributed by atoms with Crippen LogP contribution in [0.25, 0.3) is 0 Å². The number of hydrogen-bond acceptors (Lipinski definition) is 3. The number of halogens is 1. The van der Waals surface area contributed by atoms with Crippen LogP contribution in [0.1, 0.15) is 12.8 Å². The van der Waals surface area contributed by atoms with E-state index in [1.807, 2.05) is 0 Å². The molecule has 0 bridgehead atoms. The number of hydrogen-bond donors (Lipinski definition) is 2. The number of benzene rings is 1. The van der Waals surface area contributed by atoms with Gasteiger partial charge in [-0.1, -0.05) is 11.6 Å². The molecule has 0 unspecified atom stereocenters. The summed E-state index contributed by atoms with van der Waals surface area (Å²) < 4.78 is 5.26. The highest BCUT2D eigenvalue weighted by molar-refractivity contribution is 6.30. The zero-order valence-corrected chi connectivity index (χ0v) is 10.9. The van der Waals surface area contributed by atoms with Gasteiger partial charge in [0.15, 0.2) is 0 Å². The summed E-state index contributed by atoms with van der Waals surface area (Å²) in [5.41, 5.74) is 0.762. The highest BCUT2D eigenvalue weighted by Gasteiger charge is 2.14. The Bertz CT molecular complexity index is 388. The zero-order chi connectivity index (χ0) is 12.8. The molecular weight excluding hydrogens is 252 g/mol. The Kier molecular flexibility index (Phi) is 4.99. The second kappa shape index (κ2) is 6.73. The average molecular weight is 269 g/mol. The number of rotatable bonds is 4. The van der Waals surface area contributed by atoms with E-state index < -0.39 is 0 Å². The Morgan fingerprint density at radius 3 is 2.61 bits per heavy atom. The highest BCUT2D eigenvalue weighted by atomic mass is 35.5. The lowest BCUT2D eigenvalue weighted by Crippen LogP contribution is -2.39. The Hall–Kier alpha value is -1.10. The second-order valence-corrected chi connectivity index (χ2v) is 4.76. The quantitative estimate of drug-likeness (QED) is 0.879. The van der Waals surface area contributed by atoms with Gasteiger partial charge in [-0.15, -0.1) is 0 Å². The number of ether oxygens (including phenoxy) is 1. The number of carbonyl (C=O) groups is 1. The third-order valence-corrected chi connectivity index (χ3v) is 3.15. The van der Waals surface area contributed by atoms with Crippen molar-refractivity contribution in [3.05, 3.63) is 29.3 Å². The first-order valence-electron chi connectivity index (χ1n) is 6.10. The van der Waals surface area contributed by atoms with E-state index in [0.29, 0.717) is 17.6 Å². The molecule has 1 aromatic rings. The first-order valence-corrected chi connectivity index (χ1v) is 6.48. The van der Waals surface area contributed by atoms with Crippen LogP contribution < -0.4 is 10.6 Å². The van der Waals surface area contributed by atoms with Gasteiger partial charge in [0.05, 0.1) is 6.54 Å². The molecule has 1 amide bonds. The Morgan fingerprint density at radius 2 is 1.94 bits per heavy atom. The molecular formula is C13H17ClN2O2. The lowest BCUT2D eigenvalue weighted by atomic mass is 10.1. The molecule has 98 valence electrons. The molecule has 2 rings (SSSR count). The summed E-state index contributed by atoms with van der Waals surface area (Å²) in [6.45, 7) is 1.88. The van der Waals surface area contributed by atoms with Crippen LogP contribution >= 0.6 is 11.6 Å². The van der Waals surface area contributed by atoms with Crippen LogP contribution in [0.4, 0.5) is 5.69 Å². The first-order chi connectivity index (χ1) is 8.74. The topological polar surface area (TPSA) is 50.4 Å². The number of nitrogens with one attached hydrogen (secondary N) is 2. The normalized spacial score (nSPS) is 16.5. The van der Waals surface area contributed by atoms with Gasteiger partial charge < -0.3 is 15.4 Å². The molecule has 0 atom stereocenters. The Morgan fingerprint density at radius 1 is 1.28 bits per heavy atom. The average Bonchev–Trinajstić information content (AvgIpc) is 2.40. The van der Waals surface area contributed by atoms with E-state index in [-0.39, 0.29) is 5.91 Å². The SMILES string of the molecule is O=C(CNC1CCOCC1)Nc1ccc(Cl)cc1. The molecule has 5 heteroatoms. The smallest absolute Gasteiger partial charge is 0.238 e. The number of carbonyl (C=O) groups excluding carboxylic acids is 1. The lowest BCUT2D eigenvalue weighted by molar-refractivity contribution is -0.115. The first kappa shape index (κ1) is 13.3. The summed E-state index contributed by atoms with van der Waals surface area (Å²) in [5, 5.41) is 6.71. The van der Waals surface area contributed by atoms with E-state index in [9.17, 15) is 4.79 Å². The van der Waals surface area contributed by atoms with Gasteiger partial charge in [0, 0.05) is 30.0 Å². The summed E-state index contributed by atoms with van der Waals surface area (Å²) in [5.74, 6) is -0.0381. The molecule has 0 spiro atoms. The molecule has 0 aromatic heterocycles. The zero-order valence-electron chi connectivity index (χ0n) is 10.1. The van der Waals surface area contributed by atoms with Crippen molar-refractivity contribution in [1.29, 1.82) is 0 Å². The van der Waals surface area contributed by atoms with Gasteiger partial charge in [-0.2, -0.15) is 0 Å². The van der Waals surface area contributed by atoms with Crippen molar-refractivity contribution in [2.45, 2.75) is 18.9 Å². The summed E-state index contributed by atoms with van der Waals surface area (Å²) in [7, 11) is 0. The largest absolute Gasteiger partial charge is 0.381 e. The van der Waals surface area contributed by atoms with Crippen molar-refractivity contribution < 1.29 is 9.53 Å². The van der Waals surface area contributed by atoms with E-state index in [1.165, 1.54) is 0 Å². The second-order valence-electron chi connectivity index (χ2n) is 4.32. The van der Waals surface area contributed by atoms with Crippen LogP contribution in [0.3, 0.4) is 0 Å². The van der Waals surface area contributed by atoms with E-state index in [2.05, 4.69) is 10.6 Å². The summed E-state index contributed by atoms with van der Waals surface area (Å²) in [6.07, 6.45) is 1.93. The van der Waals surface area contributed by atoms with Gasteiger partial charge in [-0.3, -0.25) is 4.79 Å². The van der Waals surface area contributed by atoms with Crippen molar-refractivity contribution in [2.24, 2.45) is 0 Å². The van der Waals surface area contributed by atoms with Crippen molar-refractivity contribution in [3.63, 3.8) is 0 Å². The molecule has 4 nitrogen and oxygen atoms in total. The van der Waals surface area contributed by atoms with Gasteiger partial charge in [0.1, 0.15) is 0 Å². The molecule has 18 heavy (non-hydrogen) atoms. The molecule has 2 N–H and O–H groups in total. The van der Waals surface area contributed by atoms with E-state index in [4.69, 9.17) is 16.3 Å². The van der Waals surface area contributed by atoms with Crippen LogP contribution in [-0.4, -0.2) is 31.7 Å². The van der Waals surface area contributed by atoms with Gasteiger partial charge in [-0.25, -0.2) is 0 Å². The van der Waals surface area contributed by atoms with E-state index >= 15 is 0 Å². The lowest BCUT2D eigenvalue weighted by Gasteiger charge is -2.22. The van der Waals surface area contributed by atoms with Gasteiger partial charge in [0.2, 0.25) is 5.91 Å². The fourth-order valence-corrected chi connectivity index (χ4v) is 2.00. The minimum Gasteiger partial charge on any atom is -0.381 e. The Balaban J connectivity index is 1.73. The molecule has 0 aliphatic carbocycles. The third kappa shape index (κ3) is 4.29. The van der Waals surface area contributed by atoms with Crippen molar-refractivity contribution in [1.82, 2.24) is 5.32 Å². The van der Waals surface area contributed by atoms with Crippen LogP contribution in [0.5, 0.6) is 0 Å². The fourth-order valence-electron chi connectivity index (χ4n) is 1.88. The summed E-state index contributed by atoms with van der Waals surface area (Å²) >= 11 is 5.77. The molecule has 1 heterocycles. The third-order valence-electron chi connectivity index (χ3n) is 2.90. The Labute approximate surface area is 112 Å². The van der Waals surface area contributed by atoms with Gasteiger partial charge >= 0.3 is 0 Å². The van der Waals surface area contributed by atoms with Crippen LogP contribution in [-0.2, 0) is 9.53 Å². The number of amides is 1. The highest BCUT2D eigenvalue weighted by Crippen LogP contribution is 2.13. The summed E-state index contributed by atoms with van der Waals surface area (Å²) in [4.78, 5) is 11.7. The van der Waals surface area contributed by atoms with Crippen molar-refractivity contribution in [3.8, 4) is 0 Å². The molecule has 1 fully saturated rings. The maximum Gasteiger partial charge on any atom is 0.238 e. The maximum absolute atomic E-state index is 11.7. The van der Waals surface area contributed by atoms with E-state index in [1.54, 1.807) is 24.3 Å². The van der Waals surface area contributed by atoms with Gasteiger partial charge in [-0.05, 0) is 37.1 Å². The maximum atomic E-state index is 11.7. The number of anilines is 1. The molecule has 1 aliphatic rings. The standard InChI is InChI=1S/C13H17ClN2O2/c14-10-1-3-12(4-2-10)16-13(17)9-15-11-5-7-18-8-6-11/h1-4,11,15H,5-9H2,(H,16,17). The molecule has 0 radical (unpaired) electrons.